The molecule has 12 heteroatoms. The van der Waals surface area contributed by atoms with Crippen LogP contribution in [0, 0.1) is 12.7 Å². The van der Waals surface area contributed by atoms with Crippen molar-refractivity contribution in [2.45, 2.75) is 39.2 Å². The average molecular weight is 511 g/mol. The number of carboxylic acid groups (broad SMARTS) is 1. The van der Waals surface area contributed by atoms with Gasteiger partial charge in [-0.3, -0.25) is 9.69 Å². The molecule has 3 heterocycles. The van der Waals surface area contributed by atoms with Crippen LogP contribution in [0.3, 0.4) is 0 Å². The predicted octanol–water partition coefficient (Wildman–Crippen LogP) is 3.74. The lowest BCUT2D eigenvalue weighted by Crippen LogP contribution is -2.39. The summed E-state index contributed by atoms with van der Waals surface area (Å²) >= 11 is 0. The molecule has 4 N–H and O–H groups in total. The van der Waals surface area contributed by atoms with Crippen LogP contribution in [-0.2, 0) is 4.74 Å². The Morgan fingerprint density at radius 1 is 1.24 bits per heavy atom. The number of esters is 1. The molecule has 1 atom stereocenters. The van der Waals surface area contributed by atoms with Crippen LogP contribution in [0.25, 0.3) is 11.3 Å². The smallest absolute Gasteiger partial charge is 0.407 e. The van der Waals surface area contributed by atoms with Crippen LogP contribution < -0.4 is 11.2 Å². The Kier molecular flexibility index (Phi) is 7.37. The van der Waals surface area contributed by atoms with Crippen molar-refractivity contribution in [3.63, 3.8) is 0 Å². The summed E-state index contributed by atoms with van der Waals surface area (Å²) in [5, 5.41) is 12.3. The third-order valence-corrected chi connectivity index (χ3v) is 6.16. The van der Waals surface area contributed by atoms with Gasteiger partial charge in [0.1, 0.15) is 17.3 Å². The predicted molar refractivity (Wildman–Crippen MR) is 132 cm³/mol. The molecular formula is C25H27FN6O5. The topological polar surface area (TPSA) is 153 Å². The van der Waals surface area contributed by atoms with Crippen LogP contribution in [0.4, 0.5) is 15.0 Å². The highest BCUT2D eigenvalue weighted by Gasteiger charge is 2.34. The van der Waals surface area contributed by atoms with Crippen LogP contribution in [0.1, 0.15) is 64.5 Å². The van der Waals surface area contributed by atoms with Gasteiger partial charge in [-0.1, -0.05) is 12.1 Å². The van der Waals surface area contributed by atoms with E-state index in [4.69, 9.17) is 10.6 Å². The summed E-state index contributed by atoms with van der Waals surface area (Å²) < 4.78 is 19.7. The van der Waals surface area contributed by atoms with Crippen molar-refractivity contribution < 1.29 is 28.6 Å². The molecule has 11 nitrogen and oxygen atoms in total. The minimum Gasteiger partial charge on any atom is -0.465 e. The molecule has 0 aliphatic carbocycles. The number of nitrogens with one attached hydrogen (secondary N) is 1. The third-order valence-electron chi connectivity index (χ3n) is 6.16. The van der Waals surface area contributed by atoms with E-state index in [0.717, 1.165) is 23.7 Å². The number of nitrogen functional groups attached to an aromatic ring is 1. The van der Waals surface area contributed by atoms with Gasteiger partial charge in [0, 0.05) is 17.7 Å². The van der Waals surface area contributed by atoms with E-state index in [9.17, 15) is 23.9 Å². The number of aryl methyl sites for hydroxylation is 1. The minimum absolute atomic E-state index is 0.0176. The summed E-state index contributed by atoms with van der Waals surface area (Å²) in [6.07, 6.45) is 1.97. The second-order valence-electron chi connectivity index (χ2n) is 8.60. The molecule has 37 heavy (non-hydrogen) atoms. The summed E-state index contributed by atoms with van der Waals surface area (Å²) in [5.41, 5.74) is 1.32. The third kappa shape index (κ3) is 5.22. The van der Waals surface area contributed by atoms with Crippen LogP contribution in [-0.4, -0.2) is 55.8 Å². The number of carbonyl (C=O) groups excluding carboxylic acids is 2. The lowest BCUT2D eigenvalue weighted by molar-refractivity contribution is 0.0516. The monoisotopic (exact) mass is 510 g/mol. The highest BCUT2D eigenvalue weighted by Crippen LogP contribution is 2.34. The zero-order valence-corrected chi connectivity index (χ0v) is 20.4. The fraction of sp³-hybridized carbons (Fsp3) is 0.320. The zero-order chi connectivity index (χ0) is 26.7. The first-order chi connectivity index (χ1) is 17.7. The quantitative estimate of drug-likeness (QED) is 0.335. The molecule has 0 bridgehead atoms. The molecule has 1 aliphatic rings. The summed E-state index contributed by atoms with van der Waals surface area (Å²) in [6.45, 7) is 3.67. The van der Waals surface area contributed by atoms with Crippen molar-refractivity contribution in [2.75, 3.05) is 24.3 Å². The van der Waals surface area contributed by atoms with Crippen molar-refractivity contribution in [2.24, 2.45) is 0 Å². The highest BCUT2D eigenvalue weighted by molar-refractivity contribution is 6.04. The van der Waals surface area contributed by atoms with Gasteiger partial charge in [0.2, 0.25) is 0 Å². The van der Waals surface area contributed by atoms with Gasteiger partial charge in [-0.2, -0.15) is 0 Å². The lowest BCUT2D eigenvalue weighted by Gasteiger charge is -2.32. The molecule has 1 aromatic carbocycles. The molecule has 1 fully saturated rings. The first-order valence-corrected chi connectivity index (χ1v) is 11.8. The van der Waals surface area contributed by atoms with E-state index < -0.39 is 29.8 Å². The average Bonchev–Trinajstić information content (AvgIpc) is 3.23. The van der Waals surface area contributed by atoms with Gasteiger partial charge in [0.25, 0.3) is 5.91 Å². The van der Waals surface area contributed by atoms with Crippen LogP contribution in [0.5, 0.6) is 0 Å². The van der Waals surface area contributed by atoms with E-state index in [0.29, 0.717) is 29.7 Å². The molecule has 0 saturated carbocycles. The number of piperidine rings is 1. The Bertz CT molecular complexity index is 1340. The number of aromatic nitrogens is 3. The van der Waals surface area contributed by atoms with Crippen LogP contribution in [0.2, 0.25) is 0 Å². The van der Waals surface area contributed by atoms with Crippen molar-refractivity contribution >= 4 is 23.8 Å². The van der Waals surface area contributed by atoms with Crippen LogP contribution >= 0.6 is 0 Å². The van der Waals surface area contributed by atoms with Gasteiger partial charge in [0.15, 0.2) is 11.5 Å². The minimum atomic E-state index is -1.09. The molecule has 0 spiro atoms. The Balaban J connectivity index is 1.67. The largest absolute Gasteiger partial charge is 0.465 e. The molecule has 194 valence electrons. The molecule has 2 amide bonds. The maximum atomic E-state index is 13.5. The first-order valence-electron chi connectivity index (χ1n) is 11.8. The van der Waals surface area contributed by atoms with E-state index in [1.54, 1.807) is 26.0 Å². The van der Waals surface area contributed by atoms with E-state index in [1.165, 1.54) is 23.1 Å². The second-order valence-corrected chi connectivity index (χ2v) is 8.60. The van der Waals surface area contributed by atoms with Gasteiger partial charge in [0.05, 0.1) is 18.8 Å². The van der Waals surface area contributed by atoms with Crippen molar-refractivity contribution in [3.05, 3.63) is 65.0 Å². The maximum Gasteiger partial charge on any atom is 0.407 e. The van der Waals surface area contributed by atoms with Crippen molar-refractivity contribution in [3.8, 4) is 11.3 Å². The number of amides is 2. The fourth-order valence-electron chi connectivity index (χ4n) is 4.29. The maximum absolute atomic E-state index is 13.5. The number of rotatable bonds is 6. The summed E-state index contributed by atoms with van der Waals surface area (Å²) in [4.78, 5) is 47.0. The Labute approximate surface area is 212 Å². The number of likely N-dealkylation sites (tertiary alicyclic amines) is 1. The molecule has 1 saturated heterocycles. The van der Waals surface area contributed by atoms with Gasteiger partial charge in [-0.25, -0.2) is 28.6 Å². The standard InChI is InChI=1S/C25H27FN6O5/c1-3-37-24(34)21-20(30-22(32(21)27)18-6-4-5-11-31(18)25(35)36)15-7-9-16(10-8-15)23(33)29-19-12-14(2)17(26)13-28-19/h7-10,12-13,18H,3-6,11,27H2,1-2H3,(H,35,36)(H,28,29,33). The van der Waals surface area contributed by atoms with E-state index >= 15 is 0 Å². The number of pyridine rings is 1. The Morgan fingerprint density at radius 2 is 1.97 bits per heavy atom. The number of ether oxygens (including phenoxy) is 1. The zero-order valence-electron chi connectivity index (χ0n) is 20.4. The SMILES string of the molecule is CCOC(=O)c1c(-c2ccc(C(=O)Nc3cc(C)c(F)cn3)cc2)nc(C2CCCCN2C(=O)O)n1N. The molecule has 2 aromatic heterocycles. The lowest BCUT2D eigenvalue weighted by atomic mass is 10.0. The Hall–Kier alpha value is -4.48. The summed E-state index contributed by atoms with van der Waals surface area (Å²) in [7, 11) is 0. The van der Waals surface area contributed by atoms with Crippen molar-refractivity contribution in [1.29, 1.82) is 0 Å². The molecule has 0 radical (unpaired) electrons. The van der Waals surface area contributed by atoms with Gasteiger partial charge in [-0.05, 0) is 56.9 Å². The molecular weight excluding hydrogens is 483 g/mol. The number of carbonyl (C=O) groups is 3. The number of halogens is 1. The molecule has 4 rings (SSSR count). The normalized spacial score (nSPS) is 15.3. The number of nitrogens with zero attached hydrogens (tertiary/aromatic N) is 4. The van der Waals surface area contributed by atoms with Gasteiger partial charge >= 0.3 is 12.1 Å². The van der Waals surface area contributed by atoms with E-state index in [1.807, 2.05) is 0 Å². The summed E-state index contributed by atoms with van der Waals surface area (Å²) in [5.74, 6) is 5.10. The van der Waals surface area contributed by atoms with Crippen molar-refractivity contribution in [1.82, 2.24) is 19.5 Å². The van der Waals surface area contributed by atoms with Gasteiger partial charge < -0.3 is 21.0 Å². The first kappa shape index (κ1) is 25.6. The molecule has 1 unspecified atom stereocenters. The number of anilines is 1. The fourth-order valence-corrected chi connectivity index (χ4v) is 4.29. The number of hydrogen-bond acceptors (Lipinski definition) is 7. The van der Waals surface area contributed by atoms with Gasteiger partial charge in [-0.15, -0.1) is 0 Å². The molecule has 1 aliphatic heterocycles. The second kappa shape index (κ2) is 10.6. The number of hydrogen-bond donors (Lipinski definition) is 3. The highest BCUT2D eigenvalue weighted by atomic mass is 19.1. The Morgan fingerprint density at radius 3 is 2.62 bits per heavy atom. The summed E-state index contributed by atoms with van der Waals surface area (Å²) in [6, 6.07) is 7.08. The number of nitrogens with two attached hydrogens (primary N) is 1. The van der Waals surface area contributed by atoms with Crippen LogP contribution in [0.15, 0.2) is 36.5 Å². The number of benzene rings is 1. The molecule has 3 aromatic rings. The van der Waals surface area contributed by atoms with E-state index in [2.05, 4.69) is 15.3 Å². The van der Waals surface area contributed by atoms with E-state index in [-0.39, 0.29) is 29.6 Å². The number of imidazole rings is 1.